The number of halogens is 1. The number of aromatic nitrogens is 1. The largest absolute Gasteiger partial charge is 0.369 e. The molecule has 0 bridgehead atoms. The van der Waals surface area contributed by atoms with Gasteiger partial charge < -0.3 is 5.32 Å². The third-order valence-electron chi connectivity index (χ3n) is 3.71. The highest BCUT2D eigenvalue weighted by molar-refractivity contribution is 7.92. The predicted octanol–water partition coefficient (Wildman–Crippen LogP) is 3.91. The monoisotopic (exact) mass is 375 g/mol. The predicted molar refractivity (Wildman–Crippen MR) is 104 cm³/mol. The molecule has 25 heavy (non-hydrogen) atoms. The fourth-order valence-corrected chi connectivity index (χ4v) is 3.36. The first-order chi connectivity index (χ1) is 11.9. The van der Waals surface area contributed by atoms with Gasteiger partial charge in [0.05, 0.1) is 11.3 Å². The van der Waals surface area contributed by atoms with Crippen LogP contribution in [0.1, 0.15) is 5.56 Å². The molecule has 2 aromatic carbocycles. The smallest absolute Gasteiger partial charge is 0.229 e. The maximum Gasteiger partial charge on any atom is 0.229 e. The zero-order valence-electron chi connectivity index (χ0n) is 13.7. The maximum absolute atomic E-state index is 11.2. The van der Waals surface area contributed by atoms with Gasteiger partial charge in [0.25, 0.3) is 0 Å². The topological polar surface area (TPSA) is 71.1 Å². The van der Waals surface area contributed by atoms with Crippen LogP contribution in [0, 0.1) is 0 Å². The second kappa shape index (κ2) is 7.29. The van der Waals surface area contributed by atoms with E-state index in [9.17, 15) is 8.42 Å². The molecular formula is C18H18ClN3O2S. The molecule has 0 unspecified atom stereocenters. The van der Waals surface area contributed by atoms with Gasteiger partial charge >= 0.3 is 0 Å². The lowest BCUT2D eigenvalue weighted by atomic mass is 10.1. The fourth-order valence-electron chi connectivity index (χ4n) is 2.58. The standard InChI is InChI=1S/C18H18ClN3O2S/c1-25(23,24)22-14-8-6-13(7-9-14)10-11-20-18-16-5-3-2-4-15(16)17(19)12-21-18/h2-9,12,22H,10-11H2,1H3,(H,20,21). The van der Waals surface area contributed by atoms with Crippen molar-refractivity contribution >= 4 is 43.9 Å². The van der Waals surface area contributed by atoms with E-state index in [1.54, 1.807) is 18.3 Å². The van der Waals surface area contributed by atoms with Gasteiger partial charge in [-0.3, -0.25) is 4.72 Å². The number of anilines is 2. The molecule has 130 valence electrons. The molecule has 2 N–H and O–H groups in total. The molecule has 3 rings (SSSR count). The number of benzene rings is 2. The van der Waals surface area contributed by atoms with Crippen molar-refractivity contribution in [3.05, 3.63) is 65.3 Å². The molecule has 7 heteroatoms. The van der Waals surface area contributed by atoms with Gasteiger partial charge in [-0.15, -0.1) is 0 Å². The zero-order chi connectivity index (χ0) is 17.9. The van der Waals surface area contributed by atoms with Crippen LogP contribution in [0.5, 0.6) is 0 Å². The van der Waals surface area contributed by atoms with Crippen LogP contribution >= 0.6 is 11.6 Å². The Morgan fingerprint density at radius 2 is 1.72 bits per heavy atom. The van der Waals surface area contributed by atoms with Crippen LogP contribution in [0.2, 0.25) is 5.02 Å². The van der Waals surface area contributed by atoms with Crippen LogP contribution in [0.15, 0.2) is 54.7 Å². The second-order valence-corrected chi connectivity index (χ2v) is 7.90. The van der Waals surface area contributed by atoms with E-state index in [0.717, 1.165) is 34.8 Å². The summed E-state index contributed by atoms with van der Waals surface area (Å²) in [4.78, 5) is 4.37. The quantitative estimate of drug-likeness (QED) is 0.685. The molecule has 1 aromatic heterocycles. The lowest BCUT2D eigenvalue weighted by molar-refractivity contribution is 0.607. The Hall–Kier alpha value is -2.31. The number of hydrogen-bond acceptors (Lipinski definition) is 4. The summed E-state index contributed by atoms with van der Waals surface area (Å²) >= 11 is 6.18. The van der Waals surface area contributed by atoms with Crippen LogP contribution in [0.25, 0.3) is 10.8 Å². The van der Waals surface area contributed by atoms with Crippen molar-refractivity contribution in [3.8, 4) is 0 Å². The van der Waals surface area contributed by atoms with Gasteiger partial charge in [0, 0.05) is 29.2 Å². The molecule has 0 amide bonds. The highest BCUT2D eigenvalue weighted by Crippen LogP contribution is 2.27. The lowest BCUT2D eigenvalue weighted by Crippen LogP contribution is -2.10. The summed E-state index contributed by atoms with van der Waals surface area (Å²) in [6.45, 7) is 0.706. The van der Waals surface area contributed by atoms with Gasteiger partial charge in [0.1, 0.15) is 5.82 Å². The highest BCUT2D eigenvalue weighted by atomic mass is 35.5. The van der Waals surface area contributed by atoms with Crippen molar-refractivity contribution in [2.24, 2.45) is 0 Å². The van der Waals surface area contributed by atoms with Crippen LogP contribution in [0.3, 0.4) is 0 Å². The third-order valence-corrected chi connectivity index (χ3v) is 4.62. The van der Waals surface area contributed by atoms with Crippen molar-refractivity contribution in [1.29, 1.82) is 0 Å². The summed E-state index contributed by atoms with van der Waals surface area (Å²) in [6.07, 6.45) is 3.57. The van der Waals surface area contributed by atoms with Crippen LogP contribution in [-0.4, -0.2) is 26.2 Å². The Balaban J connectivity index is 1.65. The first-order valence-electron chi connectivity index (χ1n) is 7.76. The van der Waals surface area contributed by atoms with Crippen LogP contribution < -0.4 is 10.0 Å². The SMILES string of the molecule is CS(=O)(=O)Nc1ccc(CCNc2ncc(Cl)c3ccccc23)cc1. The summed E-state index contributed by atoms with van der Waals surface area (Å²) in [5.74, 6) is 0.801. The first-order valence-corrected chi connectivity index (χ1v) is 10.0. The Morgan fingerprint density at radius 3 is 2.40 bits per heavy atom. The van der Waals surface area contributed by atoms with Gasteiger partial charge in [-0.05, 0) is 24.1 Å². The summed E-state index contributed by atoms with van der Waals surface area (Å²) in [5, 5.41) is 5.93. The number of fused-ring (bicyclic) bond motifs is 1. The third kappa shape index (κ3) is 4.61. The molecule has 0 aliphatic rings. The number of sulfonamides is 1. The van der Waals surface area contributed by atoms with Gasteiger partial charge in [-0.2, -0.15) is 0 Å². The van der Waals surface area contributed by atoms with Crippen LogP contribution in [0.4, 0.5) is 11.5 Å². The molecule has 0 aliphatic heterocycles. The van der Waals surface area contributed by atoms with E-state index in [2.05, 4.69) is 15.0 Å². The number of rotatable bonds is 6. The van der Waals surface area contributed by atoms with Gasteiger partial charge in [-0.1, -0.05) is 48.0 Å². The van der Waals surface area contributed by atoms with Crippen molar-refractivity contribution < 1.29 is 8.42 Å². The lowest BCUT2D eigenvalue weighted by Gasteiger charge is -2.10. The van der Waals surface area contributed by atoms with E-state index >= 15 is 0 Å². The maximum atomic E-state index is 11.2. The molecule has 3 aromatic rings. The molecule has 0 atom stereocenters. The molecule has 0 radical (unpaired) electrons. The molecule has 1 heterocycles. The zero-order valence-corrected chi connectivity index (χ0v) is 15.2. The molecular weight excluding hydrogens is 358 g/mol. The van der Waals surface area contributed by atoms with Crippen LogP contribution in [-0.2, 0) is 16.4 Å². The number of pyridine rings is 1. The van der Waals surface area contributed by atoms with Gasteiger partial charge in [0.2, 0.25) is 10.0 Å². The average molecular weight is 376 g/mol. The molecule has 0 fully saturated rings. The van der Waals surface area contributed by atoms with Crippen molar-refractivity contribution in [2.75, 3.05) is 22.8 Å². The van der Waals surface area contributed by atoms with Gasteiger partial charge in [-0.25, -0.2) is 13.4 Å². The van der Waals surface area contributed by atoms with Gasteiger partial charge in [0.15, 0.2) is 0 Å². The molecule has 5 nitrogen and oxygen atoms in total. The number of nitrogens with one attached hydrogen (secondary N) is 2. The normalized spacial score (nSPS) is 11.4. The Morgan fingerprint density at radius 1 is 1.04 bits per heavy atom. The Kier molecular flexibility index (Phi) is 5.11. The minimum absolute atomic E-state index is 0.560. The number of hydrogen-bond donors (Lipinski definition) is 2. The van der Waals surface area contributed by atoms with Crippen molar-refractivity contribution in [1.82, 2.24) is 4.98 Å². The van der Waals surface area contributed by atoms with E-state index in [4.69, 9.17) is 11.6 Å². The molecule has 0 saturated heterocycles. The van der Waals surface area contributed by atoms with E-state index in [1.165, 1.54) is 0 Å². The van der Waals surface area contributed by atoms with E-state index in [-0.39, 0.29) is 0 Å². The molecule has 0 aliphatic carbocycles. The van der Waals surface area contributed by atoms with E-state index in [0.29, 0.717) is 17.3 Å². The second-order valence-electron chi connectivity index (χ2n) is 5.75. The Bertz CT molecular complexity index is 989. The first kappa shape index (κ1) is 17.5. The van der Waals surface area contributed by atoms with E-state index < -0.39 is 10.0 Å². The number of nitrogens with zero attached hydrogens (tertiary/aromatic N) is 1. The highest BCUT2D eigenvalue weighted by Gasteiger charge is 2.06. The summed E-state index contributed by atoms with van der Waals surface area (Å²) in [6, 6.07) is 15.2. The summed E-state index contributed by atoms with van der Waals surface area (Å²) < 4.78 is 24.9. The fraction of sp³-hybridized carbons (Fsp3) is 0.167. The minimum atomic E-state index is -3.25. The molecule has 0 spiro atoms. The summed E-state index contributed by atoms with van der Waals surface area (Å²) in [5.41, 5.74) is 1.66. The molecule has 0 saturated carbocycles. The minimum Gasteiger partial charge on any atom is -0.369 e. The average Bonchev–Trinajstić information content (AvgIpc) is 2.57. The Labute approximate surface area is 152 Å². The summed E-state index contributed by atoms with van der Waals surface area (Å²) in [7, 11) is -3.25. The van der Waals surface area contributed by atoms with Crippen molar-refractivity contribution in [2.45, 2.75) is 6.42 Å². The van der Waals surface area contributed by atoms with Crippen molar-refractivity contribution in [3.63, 3.8) is 0 Å². The van der Waals surface area contributed by atoms with E-state index in [1.807, 2.05) is 36.4 Å².